The van der Waals surface area contributed by atoms with Gasteiger partial charge in [0, 0.05) is 39.6 Å². The summed E-state index contributed by atoms with van der Waals surface area (Å²) in [5.41, 5.74) is -2.42. The van der Waals surface area contributed by atoms with Gasteiger partial charge in [0.05, 0.1) is 5.92 Å². The summed E-state index contributed by atoms with van der Waals surface area (Å²) in [5.74, 6) is -1.33. The van der Waals surface area contributed by atoms with Gasteiger partial charge in [-0.15, -0.1) is 4.67 Å². The van der Waals surface area contributed by atoms with Crippen LogP contribution in [0.15, 0.2) is 54.6 Å². The van der Waals surface area contributed by atoms with Crippen molar-refractivity contribution in [1.29, 1.82) is 0 Å². The molecule has 4 rings (SSSR count). The third-order valence-electron chi connectivity index (χ3n) is 8.92. The molecule has 9 nitrogen and oxygen atoms in total. The van der Waals surface area contributed by atoms with Gasteiger partial charge in [-0.2, -0.15) is 8.78 Å². The van der Waals surface area contributed by atoms with Crippen LogP contribution in [-0.2, 0) is 40.0 Å². The molecule has 0 saturated carbocycles. The number of ketones is 1. The SMILES string of the molecule is CPOP(=O)(OO)C(F)(F)c1ccc(/C(C)=C/C(=O)C[C@H](C(=O)N2CCCC2C(=O)N2CCCCc3ccccc32)C(C)(C)C)cc1. The molecular weight excluding hydrogens is 648 g/mol. The van der Waals surface area contributed by atoms with Crippen molar-refractivity contribution in [3.63, 3.8) is 0 Å². The molecular formula is C34H44F2N2O7P2. The van der Waals surface area contributed by atoms with Crippen molar-refractivity contribution in [1.82, 2.24) is 4.90 Å². The highest BCUT2D eigenvalue weighted by molar-refractivity contribution is 7.60. The van der Waals surface area contributed by atoms with E-state index in [1.54, 1.807) is 11.8 Å². The predicted molar refractivity (Wildman–Crippen MR) is 180 cm³/mol. The quantitative estimate of drug-likeness (QED) is 0.110. The number of nitrogens with zero attached hydrogens (tertiary/aromatic N) is 2. The van der Waals surface area contributed by atoms with Crippen LogP contribution in [-0.4, -0.2) is 53.6 Å². The smallest absolute Gasteiger partial charge is 0.330 e. The standard InChI is InChI=1S/C34H44F2N2O7P2/c1-23(24-15-17-26(18-16-24)34(35,36)47(43,44-42)45-46-5)21-27(39)22-28(33(2,3)4)31(40)38-20-10-14-30(38)32(41)37-19-9-8-12-25-11-6-7-13-29(25)37/h6-7,11,13,15-18,21,28,30,42,46H,8-10,12,14,19-20,22H2,1-5H3/b23-21+/t28-,30?,47?/m1/s1. The van der Waals surface area contributed by atoms with E-state index < -0.39 is 45.0 Å². The normalized spacial score (nSPS) is 19.7. The molecule has 0 aliphatic carbocycles. The number of para-hydroxylation sites is 1. The molecule has 2 aromatic carbocycles. The molecule has 2 amide bonds. The topological polar surface area (TPSA) is 113 Å². The van der Waals surface area contributed by atoms with Gasteiger partial charge >= 0.3 is 13.3 Å². The Labute approximate surface area is 277 Å². The van der Waals surface area contributed by atoms with Crippen molar-refractivity contribution in [2.24, 2.45) is 11.3 Å². The van der Waals surface area contributed by atoms with Crippen LogP contribution in [0.2, 0.25) is 0 Å². The number of carbonyl (C=O) groups excluding carboxylic acids is 3. The molecule has 2 aliphatic heterocycles. The lowest BCUT2D eigenvalue weighted by molar-refractivity contribution is -0.159. The second kappa shape index (κ2) is 15.2. The first kappa shape index (κ1) is 37.0. The zero-order valence-electron chi connectivity index (χ0n) is 27.5. The number of alkyl halides is 2. The van der Waals surface area contributed by atoms with Crippen molar-refractivity contribution in [3.05, 3.63) is 71.3 Å². The van der Waals surface area contributed by atoms with E-state index in [0.717, 1.165) is 42.6 Å². The summed E-state index contributed by atoms with van der Waals surface area (Å²) in [5, 5.41) is 8.88. The number of allylic oxidation sites excluding steroid dienone is 2. The first-order chi connectivity index (χ1) is 22.1. The van der Waals surface area contributed by atoms with E-state index in [1.165, 1.54) is 24.9 Å². The van der Waals surface area contributed by atoms with Crippen LogP contribution in [0.4, 0.5) is 14.5 Å². The molecule has 0 radical (unpaired) electrons. The minimum atomic E-state index is -5.17. The Hall–Kier alpha value is -2.81. The molecule has 0 spiro atoms. The minimum absolute atomic E-state index is 0.0856. The summed E-state index contributed by atoms with van der Waals surface area (Å²) in [4.78, 5) is 45.0. The van der Waals surface area contributed by atoms with E-state index in [1.807, 2.05) is 49.9 Å². The number of hydrogen-bond donors (Lipinski definition) is 1. The van der Waals surface area contributed by atoms with Crippen LogP contribution in [0.25, 0.3) is 5.57 Å². The Morgan fingerprint density at radius 1 is 1.06 bits per heavy atom. The number of aryl methyl sites for hydroxylation is 1. The minimum Gasteiger partial charge on any atom is -0.330 e. The number of amides is 2. The molecule has 4 atom stereocenters. The maximum Gasteiger partial charge on any atom is 0.433 e. The molecule has 3 unspecified atom stereocenters. The molecule has 0 aromatic heterocycles. The maximum absolute atomic E-state index is 14.9. The summed E-state index contributed by atoms with van der Waals surface area (Å²) in [6, 6.07) is 12.0. The van der Waals surface area contributed by atoms with Gasteiger partial charge in [-0.05, 0) is 80.0 Å². The van der Waals surface area contributed by atoms with E-state index in [0.29, 0.717) is 37.1 Å². The number of halogens is 2. The summed E-state index contributed by atoms with van der Waals surface area (Å²) >= 11 is 0. The molecule has 0 bridgehead atoms. The molecule has 1 N–H and O–H groups in total. The molecule has 256 valence electrons. The first-order valence-corrected chi connectivity index (χ1v) is 18.8. The number of fused-ring (bicyclic) bond motifs is 1. The molecule has 2 heterocycles. The number of benzene rings is 2. The molecule has 1 saturated heterocycles. The second-order valence-corrected chi connectivity index (χ2v) is 16.0. The van der Waals surface area contributed by atoms with E-state index in [4.69, 9.17) is 5.26 Å². The number of likely N-dealkylation sites (tertiary alicyclic amines) is 1. The van der Waals surface area contributed by atoms with Crippen LogP contribution in [0.5, 0.6) is 0 Å². The van der Waals surface area contributed by atoms with Gasteiger partial charge in [-0.25, -0.2) is 5.26 Å². The van der Waals surface area contributed by atoms with Gasteiger partial charge in [-0.3, -0.25) is 23.3 Å². The number of carbonyl (C=O) groups is 3. The van der Waals surface area contributed by atoms with Crippen molar-refractivity contribution in [2.45, 2.75) is 77.9 Å². The maximum atomic E-state index is 14.9. The van der Waals surface area contributed by atoms with Gasteiger partial charge in [0.1, 0.15) is 6.04 Å². The lowest BCUT2D eigenvalue weighted by atomic mass is 9.76. The van der Waals surface area contributed by atoms with E-state index in [-0.39, 0.29) is 24.0 Å². The van der Waals surface area contributed by atoms with Crippen molar-refractivity contribution >= 4 is 45.3 Å². The van der Waals surface area contributed by atoms with Crippen LogP contribution in [0, 0.1) is 11.3 Å². The lowest BCUT2D eigenvalue weighted by Crippen LogP contribution is -2.51. The van der Waals surface area contributed by atoms with Gasteiger partial charge in [0.2, 0.25) is 11.8 Å². The third-order valence-corrected chi connectivity index (χ3v) is 11.8. The fourth-order valence-electron chi connectivity index (χ4n) is 6.27. The van der Waals surface area contributed by atoms with Crippen LogP contribution < -0.4 is 4.90 Å². The lowest BCUT2D eigenvalue weighted by Gasteiger charge is -2.36. The Kier molecular flexibility index (Phi) is 11.9. The van der Waals surface area contributed by atoms with Crippen molar-refractivity contribution in [3.8, 4) is 0 Å². The predicted octanol–water partition coefficient (Wildman–Crippen LogP) is 8.04. The molecule has 1 fully saturated rings. The molecule has 2 aliphatic rings. The average molecular weight is 693 g/mol. The summed E-state index contributed by atoms with van der Waals surface area (Å²) in [6.07, 6.45) is 5.31. The first-order valence-electron chi connectivity index (χ1n) is 15.8. The Bertz CT molecular complexity index is 1540. The largest absolute Gasteiger partial charge is 0.433 e. The van der Waals surface area contributed by atoms with Crippen LogP contribution in [0.1, 0.15) is 76.5 Å². The number of anilines is 1. The zero-order valence-corrected chi connectivity index (χ0v) is 29.4. The van der Waals surface area contributed by atoms with Gasteiger partial charge in [-0.1, -0.05) is 63.2 Å². The zero-order chi connectivity index (χ0) is 34.6. The summed E-state index contributed by atoms with van der Waals surface area (Å²) in [7, 11) is -5.78. The Balaban J connectivity index is 1.51. The fraction of sp³-hybridized carbons (Fsp3) is 0.500. The number of rotatable bonds is 11. The Morgan fingerprint density at radius 3 is 2.38 bits per heavy atom. The monoisotopic (exact) mass is 692 g/mol. The Morgan fingerprint density at radius 2 is 1.74 bits per heavy atom. The average Bonchev–Trinajstić information content (AvgIpc) is 3.43. The molecule has 2 aromatic rings. The van der Waals surface area contributed by atoms with Crippen LogP contribution in [0.3, 0.4) is 0 Å². The van der Waals surface area contributed by atoms with Crippen molar-refractivity contribution < 1.29 is 42.0 Å². The van der Waals surface area contributed by atoms with Crippen LogP contribution >= 0.6 is 16.4 Å². The highest BCUT2D eigenvalue weighted by Crippen LogP contribution is 2.68. The van der Waals surface area contributed by atoms with Gasteiger partial charge in [0.15, 0.2) is 5.78 Å². The fourth-order valence-corrected chi connectivity index (χ4v) is 8.39. The third kappa shape index (κ3) is 8.09. The number of hydrogen-bond acceptors (Lipinski definition) is 7. The summed E-state index contributed by atoms with van der Waals surface area (Å²) in [6.45, 7) is 9.74. The highest BCUT2D eigenvalue weighted by atomic mass is 31.2. The highest BCUT2D eigenvalue weighted by Gasteiger charge is 2.56. The second-order valence-electron chi connectivity index (χ2n) is 13.2. The van der Waals surface area contributed by atoms with Gasteiger partial charge < -0.3 is 9.80 Å². The molecule has 47 heavy (non-hydrogen) atoms. The van der Waals surface area contributed by atoms with E-state index in [9.17, 15) is 27.7 Å². The van der Waals surface area contributed by atoms with Crippen molar-refractivity contribution in [2.75, 3.05) is 24.7 Å². The van der Waals surface area contributed by atoms with E-state index >= 15 is 0 Å². The van der Waals surface area contributed by atoms with E-state index in [2.05, 4.69) is 8.99 Å². The summed E-state index contributed by atoms with van der Waals surface area (Å²) < 4.78 is 50.3. The van der Waals surface area contributed by atoms with Gasteiger partial charge in [0.25, 0.3) is 0 Å². The molecule has 13 heteroatoms.